The van der Waals surface area contributed by atoms with Gasteiger partial charge in [-0.2, -0.15) is 9.35 Å². The second kappa shape index (κ2) is 5.52. The fraction of sp³-hybridized carbons (Fsp3) is 1.00. The van der Waals surface area contributed by atoms with E-state index in [0.29, 0.717) is 13.2 Å². The van der Waals surface area contributed by atoms with Crippen LogP contribution in [0.25, 0.3) is 0 Å². The van der Waals surface area contributed by atoms with E-state index in [1.165, 1.54) is 0 Å². The van der Waals surface area contributed by atoms with Gasteiger partial charge in [0.1, 0.15) is 0 Å². The molecule has 0 N–H and O–H groups in total. The zero-order valence-electron chi connectivity index (χ0n) is 7.18. The van der Waals surface area contributed by atoms with E-state index in [-0.39, 0.29) is 0 Å². The topological polar surface area (TPSA) is 46.2 Å². The van der Waals surface area contributed by atoms with Crippen LogP contribution in [0, 0.1) is 0 Å². The van der Waals surface area contributed by atoms with Crippen molar-refractivity contribution in [1.82, 2.24) is 0 Å². The van der Waals surface area contributed by atoms with Gasteiger partial charge in [-0.05, 0) is 12.8 Å². The van der Waals surface area contributed by atoms with Crippen molar-refractivity contribution in [3.63, 3.8) is 0 Å². The maximum atomic E-state index is 5.57. The molecule has 0 aromatic heterocycles. The molecule has 0 amide bonds. The molecule has 2 atom stereocenters. The number of hydrogen-bond acceptors (Lipinski definition) is 5. The molecule has 2 unspecified atom stereocenters. The van der Waals surface area contributed by atoms with Gasteiger partial charge in [0.15, 0.2) is 0 Å². The van der Waals surface area contributed by atoms with Crippen LogP contribution in [0.3, 0.4) is 0 Å². The first-order valence-corrected chi connectivity index (χ1v) is 7.00. The van der Waals surface area contributed by atoms with Crippen LogP contribution in [-0.4, -0.2) is 25.5 Å². The lowest BCUT2D eigenvalue weighted by atomic mass is 10.5. The Kier molecular flexibility index (Phi) is 4.32. The molecule has 2 saturated heterocycles. The monoisotopic (exact) mass is 226 g/mol. The molecule has 0 saturated carbocycles. The standard InChI is InChI=1S/C6H12O5P2/c1-3-7-9-12(5-1)11-13-6-2-4-8-10-13/h1-6H2. The van der Waals surface area contributed by atoms with Gasteiger partial charge in [0.25, 0.3) is 0 Å². The Morgan fingerprint density at radius 2 is 1.38 bits per heavy atom. The predicted molar refractivity (Wildman–Crippen MR) is 48.0 cm³/mol. The molecule has 5 nitrogen and oxygen atoms in total. The molecule has 0 radical (unpaired) electrons. The summed E-state index contributed by atoms with van der Waals surface area (Å²) in [6.45, 7) is 1.33. The summed E-state index contributed by atoms with van der Waals surface area (Å²) >= 11 is 0. The van der Waals surface area contributed by atoms with Crippen molar-refractivity contribution in [1.29, 1.82) is 0 Å². The summed E-state index contributed by atoms with van der Waals surface area (Å²) in [5.74, 6) is 0. The van der Waals surface area contributed by atoms with Crippen LogP contribution in [0.1, 0.15) is 12.8 Å². The third kappa shape index (κ3) is 3.37. The molecule has 2 fully saturated rings. The van der Waals surface area contributed by atoms with Gasteiger partial charge in [-0.15, -0.1) is 0 Å². The Morgan fingerprint density at radius 1 is 0.846 bits per heavy atom. The molecule has 0 aliphatic carbocycles. The largest absolute Gasteiger partial charge is 0.278 e. The molecule has 2 rings (SSSR count). The minimum absolute atomic E-state index is 0.664. The van der Waals surface area contributed by atoms with E-state index in [9.17, 15) is 0 Å². The lowest BCUT2D eigenvalue weighted by Gasteiger charge is -2.25. The summed E-state index contributed by atoms with van der Waals surface area (Å²) in [7, 11) is -1.79. The average Bonchev–Trinajstić information content (AvgIpc) is 2.21. The zero-order chi connectivity index (χ0) is 8.93. The molecule has 2 aliphatic heterocycles. The maximum Gasteiger partial charge on any atom is 0.214 e. The Balaban J connectivity index is 1.69. The summed E-state index contributed by atoms with van der Waals surface area (Å²) in [5.41, 5.74) is 0. The van der Waals surface area contributed by atoms with Crippen LogP contribution in [-0.2, 0) is 23.4 Å². The zero-order valence-corrected chi connectivity index (χ0v) is 8.97. The van der Waals surface area contributed by atoms with E-state index in [1.54, 1.807) is 0 Å². The maximum absolute atomic E-state index is 5.57. The molecule has 7 heteroatoms. The van der Waals surface area contributed by atoms with E-state index >= 15 is 0 Å². The van der Waals surface area contributed by atoms with Gasteiger partial charge in [0, 0.05) is 12.3 Å². The Hall–Kier alpha value is 0.660. The molecule has 2 aliphatic rings. The highest BCUT2D eigenvalue weighted by molar-refractivity contribution is 7.60. The molecule has 2 heterocycles. The van der Waals surface area contributed by atoms with Gasteiger partial charge in [0.2, 0.25) is 16.8 Å². The van der Waals surface area contributed by atoms with Crippen LogP contribution in [0.15, 0.2) is 0 Å². The highest BCUT2D eigenvalue weighted by Crippen LogP contribution is 2.57. The summed E-state index contributed by atoms with van der Waals surface area (Å²) in [5, 5.41) is 0. The van der Waals surface area contributed by atoms with Crippen molar-refractivity contribution in [2.45, 2.75) is 12.8 Å². The Morgan fingerprint density at radius 3 is 1.77 bits per heavy atom. The second-order valence-electron chi connectivity index (χ2n) is 2.69. The smallest absolute Gasteiger partial charge is 0.214 e. The van der Waals surface area contributed by atoms with Gasteiger partial charge < -0.3 is 0 Å². The molecule has 0 spiro atoms. The third-order valence-electron chi connectivity index (χ3n) is 1.59. The molecular weight excluding hydrogens is 214 g/mol. The van der Waals surface area contributed by atoms with Gasteiger partial charge >= 0.3 is 0 Å². The second-order valence-corrected chi connectivity index (χ2v) is 5.87. The quantitative estimate of drug-likeness (QED) is 0.534. The third-order valence-corrected chi connectivity index (χ3v) is 4.95. The molecule has 13 heavy (non-hydrogen) atoms. The van der Waals surface area contributed by atoms with Crippen LogP contribution in [0.4, 0.5) is 0 Å². The predicted octanol–water partition coefficient (Wildman–Crippen LogP) is 2.33. The van der Waals surface area contributed by atoms with Gasteiger partial charge in [-0.25, -0.2) is 9.78 Å². The first-order chi connectivity index (χ1) is 6.45. The Bertz CT molecular complexity index is 130. The van der Waals surface area contributed by atoms with E-state index in [2.05, 4.69) is 0 Å². The summed E-state index contributed by atoms with van der Waals surface area (Å²) < 4.78 is 15.6. The van der Waals surface area contributed by atoms with Crippen LogP contribution >= 0.6 is 16.8 Å². The van der Waals surface area contributed by atoms with Crippen molar-refractivity contribution in [2.75, 3.05) is 25.5 Å². The molecule has 0 aromatic carbocycles. The van der Waals surface area contributed by atoms with E-state index in [4.69, 9.17) is 23.4 Å². The molecule has 0 bridgehead atoms. The average molecular weight is 226 g/mol. The van der Waals surface area contributed by atoms with Crippen LogP contribution < -0.4 is 0 Å². The minimum Gasteiger partial charge on any atom is -0.278 e. The van der Waals surface area contributed by atoms with E-state index < -0.39 is 16.8 Å². The van der Waals surface area contributed by atoms with Gasteiger partial charge in [-0.1, -0.05) is 0 Å². The SMILES string of the molecule is C1COOP(OP2CCCOO2)C1. The summed E-state index contributed by atoms with van der Waals surface area (Å²) in [6.07, 6.45) is 3.85. The number of hydrogen-bond donors (Lipinski definition) is 0. The molecular formula is C6H12O5P2. The first-order valence-electron chi connectivity index (χ1n) is 4.27. The Labute approximate surface area is 79.3 Å². The van der Waals surface area contributed by atoms with Crippen molar-refractivity contribution < 1.29 is 23.4 Å². The lowest BCUT2D eigenvalue weighted by Crippen LogP contribution is -2.09. The highest BCUT2D eigenvalue weighted by atomic mass is 31.2. The van der Waals surface area contributed by atoms with Crippen molar-refractivity contribution in [3.05, 3.63) is 0 Å². The highest BCUT2D eigenvalue weighted by Gasteiger charge is 2.25. The summed E-state index contributed by atoms with van der Waals surface area (Å²) in [6, 6.07) is 0. The normalized spacial score (nSPS) is 36.0. The fourth-order valence-corrected chi connectivity index (χ4v) is 3.97. The van der Waals surface area contributed by atoms with Crippen molar-refractivity contribution >= 4 is 16.8 Å². The van der Waals surface area contributed by atoms with E-state index in [0.717, 1.165) is 25.2 Å². The van der Waals surface area contributed by atoms with Gasteiger partial charge in [0.05, 0.1) is 13.2 Å². The number of rotatable bonds is 2. The molecule has 76 valence electrons. The van der Waals surface area contributed by atoms with Crippen LogP contribution in [0.5, 0.6) is 0 Å². The lowest BCUT2D eigenvalue weighted by molar-refractivity contribution is -0.222. The minimum atomic E-state index is -0.893. The van der Waals surface area contributed by atoms with Crippen molar-refractivity contribution in [2.24, 2.45) is 0 Å². The summed E-state index contributed by atoms with van der Waals surface area (Å²) in [4.78, 5) is 9.68. The van der Waals surface area contributed by atoms with Crippen molar-refractivity contribution in [3.8, 4) is 0 Å². The first kappa shape index (κ1) is 10.2. The fourth-order valence-electron chi connectivity index (χ4n) is 0.982. The molecule has 0 aromatic rings. The van der Waals surface area contributed by atoms with Gasteiger partial charge in [-0.3, -0.25) is 4.31 Å². The van der Waals surface area contributed by atoms with E-state index in [1.807, 2.05) is 0 Å². The van der Waals surface area contributed by atoms with Crippen LogP contribution in [0.2, 0.25) is 0 Å².